The molecule has 0 aromatic carbocycles. The Bertz CT molecular complexity index is 460. The first-order chi connectivity index (χ1) is 10.1. The number of carbonyl (C=O) groups is 2. The molecule has 0 aliphatic heterocycles. The fourth-order valence-electron chi connectivity index (χ4n) is 2.37. The second-order valence-electron chi connectivity index (χ2n) is 4.70. The van der Waals surface area contributed by atoms with Gasteiger partial charge >= 0.3 is 6.09 Å². The Hall–Kier alpha value is -1.26. The summed E-state index contributed by atoms with van der Waals surface area (Å²) in [6.45, 7) is 0. The highest BCUT2D eigenvalue weighted by Gasteiger charge is 2.43. The van der Waals surface area contributed by atoms with Crippen molar-refractivity contribution < 1.29 is 14.3 Å². The van der Waals surface area contributed by atoms with Gasteiger partial charge in [-0.25, -0.2) is 4.79 Å². The van der Waals surface area contributed by atoms with Crippen LogP contribution in [0.3, 0.4) is 0 Å². The second-order valence-corrected chi connectivity index (χ2v) is 5.17. The Kier molecular flexibility index (Phi) is 7.54. The van der Waals surface area contributed by atoms with Gasteiger partial charge in [0.15, 0.2) is 11.8 Å². The number of carbonyl (C=O) groups excluding carboxylic acids is 2. The molecule has 0 saturated heterocycles. The number of halogens is 2. The van der Waals surface area contributed by atoms with E-state index in [0.29, 0.717) is 12.8 Å². The predicted molar refractivity (Wildman–Crippen MR) is 84.4 cm³/mol. The number of likely N-dealkylation sites (N-methyl/N-ethyl adjacent to an activating group) is 1. The van der Waals surface area contributed by atoms with Crippen LogP contribution in [0.25, 0.3) is 0 Å². The SMILES string of the molecule is CN(C(=O)OCCl)[C@]1(/C=C/C=C\C=C\Cl)CCCCC1=O. The van der Waals surface area contributed by atoms with Gasteiger partial charge in [0, 0.05) is 19.0 Å². The largest absolute Gasteiger partial charge is 0.433 e. The fourth-order valence-corrected chi connectivity index (χ4v) is 2.55. The van der Waals surface area contributed by atoms with Gasteiger partial charge in [-0.1, -0.05) is 53.6 Å². The zero-order valence-corrected chi connectivity index (χ0v) is 13.4. The van der Waals surface area contributed by atoms with E-state index in [2.05, 4.69) is 0 Å². The zero-order valence-electron chi connectivity index (χ0n) is 11.9. The van der Waals surface area contributed by atoms with Gasteiger partial charge in [0.2, 0.25) is 0 Å². The van der Waals surface area contributed by atoms with Gasteiger partial charge in [0.1, 0.15) is 5.54 Å². The number of rotatable bonds is 5. The minimum atomic E-state index is -0.962. The highest BCUT2D eigenvalue weighted by Crippen LogP contribution is 2.32. The Morgan fingerprint density at radius 2 is 2.05 bits per heavy atom. The number of hydrogen-bond donors (Lipinski definition) is 0. The lowest BCUT2D eigenvalue weighted by Gasteiger charge is -2.40. The van der Waals surface area contributed by atoms with Crippen molar-refractivity contribution in [2.24, 2.45) is 0 Å². The number of hydrogen-bond acceptors (Lipinski definition) is 3. The van der Waals surface area contributed by atoms with E-state index in [1.165, 1.54) is 10.4 Å². The highest BCUT2D eigenvalue weighted by atomic mass is 35.5. The maximum Gasteiger partial charge on any atom is 0.411 e. The molecule has 1 aliphatic carbocycles. The molecule has 0 aromatic rings. The van der Waals surface area contributed by atoms with Crippen LogP contribution in [0.1, 0.15) is 25.7 Å². The third kappa shape index (κ3) is 4.61. The maximum atomic E-state index is 12.4. The van der Waals surface area contributed by atoms with E-state index >= 15 is 0 Å². The van der Waals surface area contributed by atoms with E-state index in [9.17, 15) is 9.59 Å². The van der Waals surface area contributed by atoms with Crippen LogP contribution < -0.4 is 0 Å². The monoisotopic (exact) mass is 331 g/mol. The minimum Gasteiger partial charge on any atom is -0.433 e. The molecule has 1 fully saturated rings. The van der Waals surface area contributed by atoms with Crippen LogP contribution in [0.5, 0.6) is 0 Å². The van der Waals surface area contributed by atoms with Crippen molar-refractivity contribution in [1.29, 1.82) is 0 Å². The number of ether oxygens (including phenoxy) is 1. The van der Waals surface area contributed by atoms with Gasteiger partial charge in [-0.05, 0) is 19.3 Å². The molecule has 0 spiro atoms. The molecule has 0 radical (unpaired) electrons. The molecule has 1 rings (SSSR count). The van der Waals surface area contributed by atoms with Gasteiger partial charge in [0.05, 0.1) is 0 Å². The van der Waals surface area contributed by atoms with E-state index in [-0.39, 0.29) is 11.8 Å². The number of amides is 1. The first-order valence-electron chi connectivity index (χ1n) is 6.69. The molecule has 1 amide bonds. The number of allylic oxidation sites excluding steroid dienone is 4. The summed E-state index contributed by atoms with van der Waals surface area (Å²) < 4.78 is 4.79. The molecule has 1 saturated carbocycles. The van der Waals surface area contributed by atoms with Crippen molar-refractivity contribution >= 4 is 35.1 Å². The van der Waals surface area contributed by atoms with E-state index in [1.54, 1.807) is 37.4 Å². The molecule has 1 aliphatic rings. The summed E-state index contributed by atoms with van der Waals surface area (Å²) in [5.41, 5.74) is 0.423. The maximum absolute atomic E-state index is 12.4. The molecule has 21 heavy (non-hydrogen) atoms. The third-order valence-corrected chi connectivity index (χ3v) is 3.78. The summed E-state index contributed by atoms with van der Waals surface area (Å²) in [4.78, 5) is 25.6. The van der Waals surface area contributed by atoms with Crippen LogP contribution in [-0.2, 0) is 9.53 Å². The molecule has 6 heteroatoms. The molecule has 0 N–H and O–H groups in total. The van der Waals surface area contributed by atoms with E-state index in [4.69, 9.17) is 27.9 Å². The molecule has 0 unspecified atom stereocenters. The van der Waals surface area contributed by atoms with Crippen LogP contribution in [0.2, 0.25) is 0 Å². The highest BCUT2D eigenvalue weighted by molar-refractivity contribution is 6.25. The van der Waals surface area contributed by atoms with Crippen molar-refractivity contribution in [1.82, 2.24) is 4.90 Å². The van der Waals surface area contributed by atoms with E-state index < -0.39 is 11.6 Å². The van der Waals surface area contributed by atoms with Gasteiger partial charge in [-0.3, -0.25) is 9.69 Å². The summed E-state index contributed by atoms with van der Waals surface area (Å²) in [6.07, 6.45) is 10.8. The van der Waals surface area contributed by atoms with Crippen LogP contribution in [0.15, 0.2) is 35.9 Å². The van der Waals surface area contributed by atoms with Crippen molar-refractivity contribution in [3.8, 4) is 0 Å². The van der Waals surface area contributed by atoms with E-state index in [1.807, 2.05) is 0 Å². The molecule has 116 valence electrons. The summed E-state index contributed by atoms with van der Waals surface area (Å²) >= 11 is 10.8. The summed E-state index contributed by atoms with van der Waals surface area (Å²) in [6, 6.07) is -0.239. The number of nitrogens with zero attached hydrogens (tertiary/aromatic N) is 1. The first kappa shape index (κ1) is 17.8. The lowest BCUT2D eigenvalue weighted by atomic mass is 9.79. The predicted octanol–water partition coefficient (Wildman–Crippen LogP) is 4.00. The number of alkyl halides is 1. The zero-order chi connectivity index (χ0) is 15.7. The van der Waals surface area contributed by atoms with Gasteiger partial charge < -0.3 is 4.74 Å². The molecular formula is C15H19Cl2NO3. The number of Topliss-reactive ketones (excluding diaryl/α,β-unsaturated/α-hetero) is 1. The molecule has 4 nitrogen and oxygen atoms in total. The minimum absolute atomic E-state index is 0.0142. The smallest absolute Gasteiger partial charge is 0.411 e. The Balaban J connectivity index is 2.99. The van der Waals surface area contributed by atoms with Gasteiger partial charge in [-0.15, -0.1) is 0 Å². The first-order valence-corrected chi connectivity index (χ1v) is 7.66. The van der Waals surface area contributed by atoms with Crippen molar-refractivity contribution in [3.05, 3.63) is 35.9 Å². The van der Waals surface area contributed by atoms with Crippen LogP contribution >= 0.6 is 23.2 Å². The molecule has 1 atom stereocenters. The van der Waals surface area contributed by atoms with Gasteiger partial charge in [0.25, 0.3) is 0 Å². The Labute approximate surface area is 135 Å². The number of ketones is 1. The lowest BCUT2D eigenvalue weighted by Crippen LogP contribution is -2.55. The summed E-state index contributed by atoms with van der Waals surface area (Å²) in [7, 11) is 1.56. The summed E-state index contributed by atoms with van der Waals surface area (Å²) in [5, 5.41) is 0. The average Bonchev–Trinajstić information content (AvgIpc) is 2.48. The van der Waals surface area contributed by atoms with Crippen LogP contribution in [0.4, 0.5) is 4.79 Å². The standard InChI is InChI=1S/C15H19Cl2NO3/c1-18(14(20)21-12-17)15(9-5-2-3-7-11-16)10-6-4-8-13(15)19/h2-3,5,7,9,11H,4,6,8,10,12H2,1H3/b3-2-,9-5+,11-7+/t15-/m1/s1. The lowest BCUT2D eigenvalue weighted by molar-refractivity contribution is -0.129. The Morgan fingerprint density at radius 1 is 1.33 bits per heavy atom. The fraction of sp³-hybridized carbons (Fsp3) is 0.467. The average molecular weight is 332 g/mol. The second kappa shape index (κ2) is 8.90. The van der Waals surface area contributed by atoms with Gasteiger partial charge in [-0.2, -0.15) is 0 Å². The molecule has 0 heterocycles. The molecule has 0 aromatic heterocycles. The topological polar surface area (TPSA) is 46.6 Å². The molecule has 0 bridgehead atoms. The van der Waals surface area contributed by atoms with Crippen LogP contribution in [-0.4, -0.2) is 35.4 Å². The van der Waals surface area contributed by atoms with Crippen LogP contribution in [0, 0.1) is 0 Å². The normalized spacial score (nSPS) is 23.3. The van der Waals surface area contributed by atoms with Crippen molar-refractivity contribution in [2.45, 2.75) is 31.2 Å². The summed E-state index contributed by atoms with van der Waals surface area (Å²) in [5.74, 6) is 0.0142. The van der Waals surface area contributed by atoms with Crippen molar-refractivity contribution in [3.63, 3.8) is 0 Å². The third-order valence-electron chi connectivity index (χ3n) is 3.52. The van der Waals surface area contributed by atoms with Crippen molar-refractivity contribution in [2.75, 3.05) is 13.1 Å². The van der Waals surface area contributed by atoms with E-state index in [0.717, 1.165) is 12.8 Å². The Morgan fingerprint density at radius 3 is 2.67 bits per heavy atom. The quantitative estimate of drug-likeness (QED) is 0.565. The molecular weight excluding hydrogens is 313 g/mol.